The van der Waals surface area contributed by atoms with Gasteiger partial charge in [0.2, 0.25) is 5.88 Å². The molecule has 0 fully saturated rings. The molecule has 2 N–H and O–H groups in total. The molecule has 0 aliphatic carbocycles. The lowest BCUT2D eigenvalue weighted by Crippen LogP contribution is -1.91. The standard InChI is InChI=1S/C17H15BrN2O/c1-10-4-3-5-14(11(10)2)16-15(17(19)21-20-16)12-6-8-13(18)9-7-12/h3-9H,19H2,1-2H3. The number of nitrogens with two attached hydrogens (primary N) is 1. The molecule has 0 spiro atoms. The van der Waals surface area contributed by atoms with Gasteiger partial charge < -0.3 is 10.3 Å². The predicted molar refractivity (Wildman–Crippen MR) is 89.0 cm³/mol. The Balaban J connectivity index is 2.22. The number of hydrogen-bond acceptors (Lipinski definition) is 3. The van der Waals surface area contributed by atoms with Gasteiger partial charge in [0.05, 0.1) is 5.56 Å². The third kappa shape index (κ3) is 2.47. The van der Waals surface area contributed by atoms with Crippen LogP contribution in [-0.2, 0) is 0 Å². The Kier molecular flexibility index (Phi) is 3.55. The van der Waals surface area contributed by atoms with E-state index < -0.39 is 0 Å². The SMILES string of the molecule is Cc1cccc(-c2noc(N)c2-c2ccc(Br)cc2)c1C. The second-order valence-corrected chi connectivity index (χ2v) is 5.94. The summed E-state index contributed by atoms with van der Waals surface area (Å²) in [7, 11) is 0. The van der Waals surface area contributed by atoms with Crippen molar-refractivity contribution in [3.8, 4) is 22.4 Å². The van der Waals surface area contributed by atoms with Crippen LogP contribution in [0.15, 0.2) is 51.5 Å². The summed E-state index contributed by atoms with van der Waals surface area (Å²) in [6.45, 7) is 4.17. The summed E-state index contributed by atoms with van der Waals surface area (Å²) in [6, 6.07) is 14.1. The lowest BCUT2D eigenvalue weighted by atomic mass is 9.96. The highest BCUT2D eigenvalue weighted by Gasteiger charge is 2.19. The largest absolute Gasteiger partial charge is 0.367 e. The topological polar surface area (TPSA) is 52.0 Å². The van der Waals surface area contributed by atoms with Crippen LogP contribution in [0.5, 0.6) is 0 Å². The van der Waals surface area contributed by atoms with Crippen molar-refractivity contribution in [3.05, 3.63) is 58.1 Å². The minimum Gasteiger partial charge on any atom is -0.367 e. The van der Waals surface area contributed by atoms with Crippen LogP contribution in [0.25, 0.3) is 22.4 Å². The smallest absolute Gasteiger partial charge is 0.230 e. The number of nitrogens with zero attached hydrogens (tertiary/aromatic N) is 1. The number of nitrogen functional groups attached to an aromatic ring is 1. The summed E-state index contributed by atoms with van der Waals surface area (Å²) in [5.74, 6) is 0.341. The Morgan fingerprint density at radius 2 is 1.76 bits per heavy atom. The van der Waals surface area contributed by atoms with Gasteiger partial charge in [0.15, 0.2) is 0 Å². The van der Waals surface area contributed by atoms with Gasteiger partial charge in [-0.2, -0.15) is 0 Å². The molecule has 106 valence electrons. The number of rotatable bonds is 2. The average molecular weight is 343 g/mol. The van der Waals surface area contributed by atoms with Gasteiger partial charge in [-0.3, -0.25) is 0 Å². The molecular formula is C17H15BrN2O. The Labute approximate surface area is 131 Å². The summed E-state index contributed by atoms with van der Waals surface area (Å²) in [6.07, 6.45) is 0. The van der Waals surface area contributed by atoms with Gasteiger partial charge in [0, 0.05) is 10.0 Å². The monoisotopic (exact) mass is 342 g/mol. The van der Waals surface area contributed by atoms with Gasteiger partial charge in [0.1, 0.15) is 5.69 Å². The third-order valence-electron chi connectivity index (χ3n) is 3.71. The van der Waals surface area contributed by atoms with E-state index in [4.69, 9.17) is 10.3 Å². The molecule has 0 bridgehead atoms. The van der Waals surface area contributed by atoms with Crippen LogP contribution in [0.3, 0.4) is 0 Å². The molecule has 0 saturated carbocycles. The van der Waals surface area contributed by atoms with Gasteiger partial charge in [-0.25, -0.2) is 0 Å². The second-order valence-electron chi connectivity index (χ2n) is 5.02. The number of anilines is 1. The molecule has 2 aromatic carbocycles. The van der Waals surface area contributed by atoms with Crippen molar-refractivity contribution in [2.45, 2.75) is 13.8 Å². The first-order valence-corrected chi connectivity index (χ1v) is 7.45. The van der Waals surface area contributed by atoms with E-state index >= 15 is 0 Å². The molecule has 4 heteroatoms. The first kappa shape index (κ1) is 13.9. The van der Waals surface area contributed by atoms with Gasteiger partial charge in [0.25, 0.3) is 0 Å². The highest BCUT2D eigenvalue weighted by atomic mass is 79.9. The maximum Gasteiger partial charge on any atom is 0.230 e. The lowest BCUT2D eigenvalue weighted by Gasteiger charge is -2.08. The molecular weight excluding hydrogens is 328 g/mol. The van der Waals surface area contributed by atoms with Crippen molar-refractivity contribution in [2.75, 3.05) is 5.73 Å². The van der Waals surface area contributed by atoms with Crippen LogP contribution in [0.1, 0.15) is 11.1 Å². The van der Waals surface area contributed by atoms with E-state index in [9.17, 15) is 0 Å². The molecule has 0 radical (unpaired) electrons. The van der Waals surface area contributed by atoms with Crippen LogP contribution in [-0.4, -0.2) is 5.16 Å². The normalized spacial score (nSPS) is 10.8. The average Bonchev–Trinajstić information content (AvgIpc) is 2.85. The number of aryl methyl sites for hydroxylation is 1. The van der Waals surface area contributed by atoms with Crippen LogP contribution in [0, 0.1) is 13.8 Å². The Morgan fingerprint density at radius 1 is 1.05 bits per heavy atom. The van der Waals surface area contributed by atoms with Crippen molar-refractivity contribution in [1.29, 1.82) is 0 Å². The molecule has 0 aliphatic heterocycles. The van der Waals surface area contributed by atoms with Crippen LogP contribution in [0.2, 0.25) is 0 Å². The predicted octanol–water partition coefficient (Wildman–Crippen LogP) is 4.97. The van der Waals surface area contributed by atoms with Gasteiger partial charge in [-0.05, 0) is 42.7 Å². The van der Waals surface area contributed by atoms with Crippen molar-refractivity contribution >= 4 is 21.8 Å². The highest BCUT2D eigenvalue weighted by Crippen LogP contribution is 2.38. The molecule has 1 heterocycles. The van der Waals surface area contributed by atoms with Crippen molar-refractivity contribution < 1.29 is 4.52 Å². The molecule has 3 aromatic rings. The maximum absolute atomic E-state index is 6.00. The van der Waals surface area contributed by atoms with E-state index in [0.717, 1.165) is 26.9 Å². The van der Waals surface area contributed by atoms with Crippen molar-refractivity contribution in [3.63, 3.8) is 0 Å². The summed E-state index contributed by atoms with van der Waals surface area (Å²) >= 11 is 3.44. The Hall–Kier alpha value is -2.07. The highest BCUT2D eigenvalue weighted by molar-refractivity contribution is 9.10. The summed E-state index contributed by atoms with van der Waals surface area (Å²) in [5, 5.41) is 4.18. The van der Waals surface area contributed by atoms with Gasteiger partial charge >= 0.3 is 0 Å². The Bertz CT molecular complexity index is 791. The molecule has 3 nitrogen and oxygen atoms in total. The van der Waals surface area contributed by atoms with E-state index in [1.807, 2.05) is 36.4 Å². The fourth-order valence-electron chi connectivity index (χ4n) is 2.39. The number of benzene rings is 2. The number of hydrogen-bond donors (Lipinski definition) is 1. The van der Waals surface area contributed by atoms with E-state index in [-0.39, 0.29) is 0 Å². The molecule has 0 amide bonds. The van der Waals surface area contributed by atoms with Crippen LogP contribution >= 0.6 is 15.9 Å². The van der Waals surface area contributed by atoms with Crippen molar-refractivity contribution in [2.24, 2.45) is 0 Å². The van der Waals surface area contributed by atoms with E-state index in [0.29, 0.717) is 5.88 Å². The maximum atomic E-state index is 6.00. The van der Waals surface area contributed by atoms with E-state index in [1.165, 1.54) is 11.1 Å². The van der Waals surface area contributed by atoms with E-state index in [1.54, 1.807) is 0 Å². The molecule has 21 heavy (non-hydrogen) atoms. The zero-order valence-electron chi connectivity index (χ0n) is 11.9. The minimum atomic E-state index is 0.341. The van der Waals surface area contributed by atoms with E-state index in [2.05, 4.69) is 41.0 Å². The molecule has 0 saturated heterocycles. The van der Waals surface area contributed by atoms with Gasteiger partial charge in [-0.1, -0.05) is 51.4 Å². The van der Waals surface area contributed by atoms with Crippen molar-refractivity contribution in [1.82, 2.24) is 5.16 Å². The molecule has 3 rings (SSSR count). The molecule has 0 atom stereocenters. The number of aromatic nitrogens is 1. The summed E-state index contributed by atoms with van der Waals surface area (Å²) < 4.78 is 6.27. The summed E-state index contributed by atoms with van der Waals surface area (Å²) in [4.78, 5) is 0. The zero-order valence-corrected chi connectivity index (χ0v) is 13.4. The molecule has 0 aliphatic rings. The minimum absolute atomic E-state index is 0.341. The fourth-order valence-corrected chi connectivity index (χ4v) is 2.65. The summed E-state index contributed by atoms with van der Waals surface area (Å²) in [5.41, 5.74) is 12.1. The molecule has 1 aromatic heterocycles. The number of halogens is 1. The van der Waals surface area contributed by atoms with Crippen LogP contribution < -0.4 is 5.73 Å². The fraction of sp³-hybridized carbons (Fsp3) is 0.118. The Morgan fingerprint density at radius 3 is 2.48 bits per heavy atom. The third-order valence-corrected chi connectivity index (χ3v) is 4.24. The lowest BCUT2D eigenvalue weighted by molar-refractivity contribution is 0.439. The first-order valence-electron chi connectivity index (χ1n) is 6.65. The van der Waals surface area contributed by atoms with Crippen LogP contribution in [0.4, 0.5) is 5.88 Å². The quantitative estimate of drug-likeness (QED) is 0.715. The first-order chi connectivity index (χ1) is 10.1. The zero-order chi connectivity index (χ0) is 15.0. The molecule has 0 unspecified atom stereocenters. The second kappa shape index (κ2) is 5.37. The van der Waals surface area contributed by atoms with Gasteiger partial charge in [-0.15, -0.1) is 0 Å².